The van der Waals surface area contributed by atoms with Crippen molar-refractivity contribution in [2.75, 3.05) is 13.7 Å². The first-order valence-electron chi connectivity index (χ1n) is 7.66. The van der Waals surface area contributed by atoms with Crippen LogP contribution in [0.3, 0.4) is 0 Å². The van der Waals surface area contributed by atoms with Crippen molar-refractivity contribution in [1.82, 2.24) is 10.3 Å². The summed E-state index contributed by atoms with van der Waals surface area (Å²) < 4.78 is 5.28. The lowest BCUT2D eigenvalue weighted by atomic mass is 10.0. The van der Waals surface area contributed by atoms with E-state index in [9.17, 15) is 4.79 Å². The van der Waals surface area contributed by atoms with E-state index in [0.29, 0.717) is 17.9 Å². The number of methoxy groups -OCH3 is 1. The molecule has 0 fully saturated rings. The molecule has 1 amide bonds. The van der Waals surface area contributed by atoms with Crippen molar-refractivity contribution in [3.05, 3.63) is 72.8 Å². The van der Waals surface area contributed by atoms with E-state index in [0.717, 1.165) is 22.2 Å². The summed E-state index contributed by atoms with van der Waals surface area (Å²) in [4.78, 5) is 17.3. The third-order valence-electron chi connectivity index (χ3n) is 3.74. The Morgan fingerprint density at radius 3 is 2.71 bits per heavy atom. The Kier molecular flexibility index (Phi) is 4.57. The van der Waals surface area contributed by atoms with Gasteiger partial charge in [-0.1, -0.05) is 36.4 Å². The third kappa shape index (κ3) is 3.13. The number of nitrogens with one attached hydrogen (secondary N) is 1. The van der Waals surface area contributed by atoms with Crippen LogP contribution in [0.2, 0.25) is 0 Å². The number of carbonyl (C=O) groups is 1. The SMILES string of the molecule is C=CCNC(=O)c1cc(-c2ccccc2)nc2ccc(OC)cc12. The van der Waals surface area contributed by atoms with E-state index in [4.69, 9.17) is 4.74 Å². The highest BCUT2D eigenvalue weighted by Crippen LogP contribution is 2.27. The summed E-state index contributed by atoms with van der Waals surface area (Å²) in [5.74, 6) is 0.530. The zero-order chi connectivity index (χ0) is 16.9. The average Bonchev–Trinajstić information content (AvgIpc) is 2.65. The lowest BCUT2D eigenvalue weighted by Gasteiger charge is -2.11. The Labute approximate surface area is 140 Å². The summed E-state index contributed by atoms with van der Waals surface area (Å²) in [6, 6.07) is 17.2. The van der Waals surface area contributed by atoms with E-state index >= 15 is 0 Å². The van der Waals surface area contributed by atoms with Gasteiger partial charge in [0.1, 0.15) is 5.75 Å². The standard InChI is InChI=1S/C20H18N2O2/c1-3-11-21-20(23)17-13-19(14-7-5-4-6-8-14)22-18-10-9-15(24-2)12-16(17)18/h3-10,12-13H,1,11H2,2H3,(H,21,23). The molecule has 0 aliphatic rings. The van der Waals surface area contributed by atoms with Gasteiger partial charge in [0.05, 0.1) is 23.9 Å². The van der Waals surface area contributed by atoms with Crippen LogP contribution < -0.4 is 10.1 Å². The minimum absolute atomic E-state index is 0.160. The largest absolute Gasteiger partial charge is 0.497 e. The highest BCUT2D eigenvalue weighted by atomic mass is 16.5. The van der Waals surface area contributed by atoms with Crippen LogP contribution in [0.5, 0.6) is 5.75 Å². The van der Waals surface area contributed by atoms with Crippen molar-refractivity contribution >= 4 is 16.8 Å². The second kappa shape index (κ2) is 6.96. The molecule has 1 heterocycles. The monoisotopic (exact) mass is 318 g/mol. The Morgan fingerprint density at radius 2 is 2.00 bits per heavy atom. The van der Waals surface area contributed by atoms with Crippen LogP contribution >= 0.6 is 0 Å². The molecule has 0 aliphatic carbocycles. The maximum absolute atomic E-state index is 12.6. The molecule has 0 bridgehead atoms. The highest BCUT2D eigenvalue weighted by molar-refractivity contribution is 6.07. The summed E-state index contributed by atoms with van der Waals surface area (Å²) in [7, 11) is 1.60. The van der Waals surface area contributed by atoms with Crippen LogP contribution in [0.15, 0.2) is 67.3 Å². The molecular weight excluding hydrogens is 300 g/mol. The summed E-state index contributed by atoms with van der Waals surface area (Å²) in [5, 5.41) is 3.59. The van der Waals surface area contributed by atoms with Gasteiger partial charge in [-0.25, -0.2) is 4.98 Å². The van der Waals surface area contributed by atoms with Crippen LogP contribution in [-0.4, -0.2) is 24.5 Å². The molecule has 1 aromatic heterocycles. The van der Waals surface area contributed by atoms with E-state index < -0.39 is 0 Å². The highest BCUT2D eigenvalue weighted by Gasteiger charge is 2.14. The summed E-state index contributed by atoms with van der Waals surface area (Å²) >= 11 is 0. The van der Waals surface area contributed by atoms with E-state index in [1.807, 2.05) is 54.6 Å². The van der Waals surface area contributed by atoms with Crippen LogP contribution in [-0.2, 0) is 0 Å². The molecule has 0 radical (unpaired) electrons. The van der Waals surface area contributed by atoms with Crippen LogP contribution in [0, 0.1) is 0 Å². The fourth-order valence-electron chi connectivity index (χ4n) is 2.54. The topological polar surface area (TPSA) is 51.2 Å². The van der Waals surface area contributed by atoms with Gasteiger partial charge >= 0.3 is 0 Å². The van der Waals surface area contributed by atoms with Gasteiger partial charge < -0.3 is 10.1 Å². The van der Waals surface area contributed by atoms with Gasteiger partial charge in [0, 0.05) is 17.5 Å². The summed E-state index contributed by atoms with van der Waals surface area (Å²) in [6.07, 6.45) is 1.65. The zero-order valence-corrected chi connectivity index (χ0v) is 13.5. The van der Waals surface area contributed by atoms with Gasteiger partial charge in [0.2, 0.25) is 0 Å². The number of ether oxygens (including phenoxy) is 1. The zero-order valence-electron chi connectivity index (χ0n) is 13.5. The molecule has 120 valence electrons. The number of amides is 1. The number of hydrogen-bond acceptors (Lipinski definition) is 3. The van der Waals surface area contributed by atoms with Crippen molar-refractivity contribution in [3.63, 3.8) is 0 Å². The molecule has 4 nitrogen and oxygen atoms in total. The predicted octanol–water partition coefficient (Wildman–Crippen LogP) is 3.83. The number of carbonyl (C=O) groups excluding carboxylic acids is 1. The van der Waals surface area contributed by atoms with Crippen molar-refractivity contribution in [2.45, 2.75) is 0 Å². The number of rotatable bonds is 5. The first kappa shape index (κ1) is 15.7. The molecule has 4 heteroatoms. The van der Waals surface area contributed by atoms with Crippen LogP contribution in [0.1, 0.15) is 10.4 Å². The Balaban J connectivity index is 2.19. The van der Waals surface area contributed by atoms with E-state index in [2.05, 4.69) is 16.9 Å². The molecular formula is C20H18N2O2. The van der Waals surface area contributed by atoms with Gasteiger partial charge in [0.25, 0.3) is 5.91 Å². The molecule has 0 atom stereocenters. The normalized spacial score (nSPS) is 10.4. The third-order valence-corrected chi connectivity index (χ3v) is 3.74. The van der Waals surface area contributed by atoms with Gasteiger partial charge in [-0.2, -0.15) is 0 Å². The quantitative estimate of drug-likeness (QED) is 0.728. The Bertz CT molecular complexity index is 889. The molecule has 2 aromatic carbocycles. The second-order valence-electron chi connectivity index (χ2n) is 5.30. The second-order valence-corrected chi connectivity index (χ2v) is 5.30. The molecule has 0 spiro atoms. The first-order chi connectivity index (χ1) is 11.7. The fourth-order valence-corrected chi connectivity index (χ4v) is 2.54. The number of nitrogens with zero attached hydrogens (tertiary/aromatic N) is 1. The maximum Gasteiger partial charge on any atom is 0.252 e. The van der Waals surface area contributed by atoms with Crippen LogP contribution in [0.4, 0.5) is 0 Å². The first-order valence-corrected chi connectivity index (χ1v) is 7.66. The minimum atomic E-state index is -0.160. The van der Waals surface area contributed by atoms with E-state index in [-0.39, 0.29) is 5.91 Å². The van der Waals surface area contributed by atoms with Gasteiger partial charge in [-0.15, -0.1) is 6.58 Å². The van der Waals surface area contributed by atoms with Gasteiger partial charge in [-0.05, 0) is 24.3 Å². The summed E-state index contributed by atoms with van der Waals surface area (Å²) in [6.45, 7) is 4.04. The number of benzene rings is 2. The lowest BCUT2D eigenvalue weighted by molar-refractivity contribution is 0.0959. The molecule has 0 saturated carbocycles. The smallest absolute Gasteiger partial charge is 0.252 e. The average molecular weight is 318 g/mol. The van der Waals surface area contributed by atoms with E-state index in [1.54, 1.807) is 13.2 Å². The van der Waals surface area contributed by atoms with Crippen molar-refractivity contribution in [1.29, 1.82) is 0 Å². The van der Waals surface area contributed by atoms with Crippen molar-refractivity contribution in [3.8, 4) is 17.0 Å². The molecule has 0 aliphatic heterocycles. The molecule has 3 rings (SSSR count). The lowest BCUT2D eigenvalue weighted by Crippen LogP contribution is -2.23. The van der Waals surface area contributed by atoms with Gasteiger partial charge in [0.15, 0.2) is 0 Å². The molecule has 3 aromatic rings. The molecule has 0 saturated heterocycles. The molecule has 1 N–H and O–H groups in total. The van der Waals surface area contributed by atoms with Crippen molar-refractivity contribution in [2.24, 2.45) is 0 Å². The van der Waals surface area contributed by atoms with Crippen LogP contribution in [0.25, 0.3) is 22.2 Å². The Hall–Kier alpha value is -3.14. The number of fused-ring (bicyclic) bond motifs is 1. The maximum atomic E-state index is 12.6. The predicted molar refractivity (Wildman–Crippen MR) is 96.3 cm³/mol. The number of pyridine rings is 1. The molecule has 0 unspecified atom stereocenters. The van der Waals surface area contributed by atoms with Gasteiger partial charge in [-0.3, -0.25) is 4.79 Å². The van der Waals surface area contributed by atoms with Crippen molar-refractivity contribution < 1.29 is 9.53 Å². The number of hydrogen-bond donors (Lipinski definition) is 1. The fraction of sp³-hybridized carbons (Fsp3) is 0.100. The summed E-state index contributed by atoms with van der Waals surface area (Å²) in [5.41, 5.74) is 3.05. The van der Waals surface area contributed by atoms with E-state index in [1.165, 1.54) is 0 Å². The molecule has 24 heavy (non-hydrogen) atoms. The number of aromatic nitrogens is 1. The minimum Gasteiger partial charge on any atom is -0.497 e. The Morgan fingerprint density at radius 1 is 1.21 bits per heavy atom.